The highest BCUT2D eigenvalue weighted by Gasteiger charge is 2.32. The SMILES string of the molecule is COc1ccc(C(c2sc3ncnn3c2O)N2CCN(CCO)CC2)cc1OC. The smallest absolute Gasteiger partial charge is 0.230 e. The van der Waals surface area contributed by atoms with Gasteiger partial charge in [0, 0.05) is 32.7 Å². The Hall–Kier alpha value is -2.40. The number of ether oxygens (including phenoxy) is 2. The van der Waals surface area contributed by atoms with Crippen molar-refractivity contribution in [2.45, 2.75) is 6.04 Å². The minimum absolute atomic E-state index is 0.111. The Morgan fingerprint density at radius 2 is 1.90 bits per heavy atom. The molecule has 9 nitrogen and oxygen atoms in total. The minimum Gasteiger partial charge on any atom is -0.493 e. The first kappa shape index (κ1) is 19.9. The summed E-state index contributed by atoms with van der Waals surface area (Å²) < 4.78 is 12.4. The molecule has 1 fully saturated rings. The van der Waals surface area contributed by atoms with Crippen molar-refractivity contribution in [3.8, 4) is 17.4 Å². The van der Waals surface area contributed by atoms with E-state index in [2.05, 4.69) is 19.9 Å². The van der Waals surface area contributed by atoms with Gasteiger partial charge in [0.05, 0.1) is 31.7 Å². The molecule has 156 valence electrons. The quantitative estimate of drug-likeness (QED) is 0.590. The normalized spacial score (nSPS) is 16.9. The molecule has 1 atom stereocenters. The highest BCUT2D eigenvalue weighted by molar-refractivity contribution is 7.17. The molecule has 2 aromatic heterocycles. The molecule has 1 aliphatic heterocycles. The minimum atomic E-state index is -0.167. The molecule has 0 radical (unpaired) electrons. The molecule has 3 heterocycles. The number of thiazole rings is 1. The molecule has 1 aliphatic rings. The number of hydrogen-bond donors (Lipinski definition) is 2. The lowest BCUT2D eigenvalue weighted by molar-refractivity contribution is 0.0944. The van der Waals surface area contributed by atoms with Gasteiger partial charge in [-0.25, -0.2) is 4.98 Å². The fraction of sp³-hybridized carbons (Fsp3) is 0.474. The number of rotatable bonds is 7. The molecule has 1 saturated heterocycles. The summed E-state index contributed by atoms with van der Waals surface area (Å²) in [5.74, 6) is 1.42. The van der Waals surface area contributed by atoms with Crippen molar-refractivity contribution in [1.82, 2.24) is 24.4 Å². The Balaban J connectivity index is 1.73. The van der Waals surface area contributed by atoms with Gasteiger partial charge in [-0.2, -0.15) is 9.61 Å². The van der Waals surface area contributed by atoms with E-state index in [0.717, 1.165) is 36.6 Å². The third kappa shape index (κ3) is 3.76. The summed E-state index contributed by atoms with van der Waals surface area (Å²) in [7, 11) is 3.23. The van der Waals surface area contributed by atoms with Crippen LogP contribution in [0.4, 0.5) is 0 Å². The van der Waals surface area contributed by atoms with Gasteiger partial charge in [-0.3, -0.25) is 9.80 Å². The molecular formula is C19H25N5O4S. The van der Waals surface area contributed by atoms with E-state index in [9.17, 15) is 10.2 Å². The first-order chi connectivity index (χ1) is 14.2. The number of aromatic hydroxyl groups is 1. The van der Waals surface area contributed by atoms with Crippen LogP contribution in [-0.4, -0.2) is 88.2 Å². The fourth-order valence-electron chi connectivity index (χ4n) is 3.81. The van der Waals surface area contributed by atoms with Crippen molar-refractivity contribution < 1.29 is 19.7 Å². The number of hydrogen-bond acceptors (Lipinski definition) is 9. The van der Waals surface area contributed by atoms with E-state index in [-0.39, 0.29) is 18.5 Å². The zero-order chi connectivity index (χ0) is 20.4. The van der Waals surface area contributed by atoms with E-state index in [1.807, 2.05) is 18.2 Å². The third-order valence-corrected chi connectivity index (χ3v) is 6.39. The molecule has 0 spiro atoms. The largest absolute Gasteiger partial charge is 0.493 e. The number of benzene rings is 1. The summed E-state index contributed by atoms with van der Waals surface area (Å²) >= 11 is 1.43. The van der Waals surface area contributed by atoms with Crippen LogP contribution in [0.5, 0.6) is 17.4 Å². The van der Waals surface area contributed by atoms with Crippen LogP contribution in [0.25, 0.3) is 4.96 Å². The molecule has 10 heteroatoms. The summed E-state index contributed by atoms with van der Waals surface area (Å²) in [5, 5.41) is 24.2. The lowest BCUT2D eigenvalue weighted by atomic mass is 10.0. The van der Waals surface area contributed by atoms with E-state index >= 15 is 0 Å². The van der Waals surface area contributed by atoms with Crippen molar-refractivity contribution in [1.29, 1.82) is 0 Å². The monoisotopic (exact) mass is 419 g/mol. The van der Waals surface area contributed by atoms with Gasteiger partial charge in [-0.1, -0.05) is 17.4 Å². The zero-order valence-corrected chi connectivity index (χ0v) is 17.3. The predicted molar refractivity (Wildman–Crippen MR) is 109 cm³/mol. The molecule has 29 heavy (non-hydrogen) atoms. The van der Waals surface area contributed by atoms with Crippen LogP contribution in [0, 0.1) is 0 Å². The van der Waals surface area contributed by atoms with E-state index in [1.54, 1.807) is 14.2 Å². The number of nitrogens with zero attached hydrogens (tertiary/aromatic N) is 5. The number of piperazine rings is 1. The molecule has 1 aromatic carbocycles. The number of methoxy groups -OCH3 is 2. The summed E-state index contributed by atoms with van der Waals surface area (Å²) in [4.78, 5) is 10.3. The van der Waals surface area contributed by atoms with Crippen molar-refractivity contribution in [2.24, 2.45) is 0 Å². The molecule has 4 rings (SSSR count). The molecule has 0 amide bonds. The Kier molecular flexibility index (Phi) is 5.86. The molecule has 1 unspecified atom stereocenters. The Morgan fingerprint density at radius 3 is 2.55 bits per heavy atom. The Labute approximate surface area is 172 Å². The number of aliphatic hydroxyl groups is 1. The van der Waals surface area contributed by atoms with Gasteiger partial charge in [0.15, 0.2) is 11.5 Å². The third-order valence-electron chi connectivity index (χ3n) is 5.30. The molecule has 0 bridgehead atoms. The van der Waals surface area contributed by atoms with Crippen molar-refractivity contribution in [3.63, 3.8) is 0 Å². The number of fused-ring (bicyclic) bond motifs is 1. The Bertz CT molecular complexity index is 967. The van der Waals surface area contributed by atoms with Crippen LogP contribution in [-0.2, 0) is 0 Å². The zero-order valence-electron chi connectivity index (χ0n) is 16.5. The maximum atomic E-state index is 10.8. The molecular weight excluding hydrogens is 394 g/mol. The van der Waals surface area contributed by atoms with Gasteiger partial charge in [0.25, 0.3) is 0 Å². The van der Waals surface area contributed by atoms with Crippen molar-refractivity contribution in [2.75, 3.05) is 53.6 Å². The van der Waals surface area contributed by atoms with Gasteiger partial charge >= 0.3 is 0 Å². The summed E-state index contributed by atoms with van der Waals surface area (Å²) in [6.45, 7) is 4.17. The fourth-order valence-corrected chi connectivity index (χ4v) is 4.90. The summed E-state index contributed by atoms with van der Waals surface area (Å²) in [5.41, 5.74) is 0.998. The van der Waals surface area contributed by atoms with Crippen LogP contribution in [0.2, 0.25) is 0 Å². The predicted octanol–water partition coefficient (Wildman–Crippen LogP) is 1.21. The lowest BCUT2D eigenvalue weighted by Crippen LogP contribution is -2.48. The highest BCUT2D eigenvalue weighted by Crippen LogP contribution is 2.42. The average molecular weight is 420 g/mol. The van der Waals surface area contributed by atoms with Crippen LogP contribution >= 0.6 is 11.3 Å². The first-order valence-corrected chi connectivity index (χ1v) is 10.3. The Morgan fingerprint density at radius 1 is 1.14 bits per heavy atom. The average Bonchev–Trinajstić information content (AvgIpc) is 3.33. The van der Waals surface area contributed by atoms with E-state index in [4.69, 9.17) is 9.47 Å². The van der Waals surface area contributed by atoms with E-state index < -0.39 is 0 Å². The lowest BCUT2D eigenvalue weighted by Gasteiger charge is -2.39. The molecule has 0 saturated carbocycles. The van der Waals surface area contributed by atoms with Gasteiger partial charge in [-0.15, -0.1) is 0 Å². The number of aliphatic hydroxyl groups excluding tert-OH is 1. The topological polar surface area (TPSA) is 95.6 Å². The van der Waals surface area contributed by atoms with Gasteiger partial charge in [0.2, 0.25) is 10.8 Å². The van der Waals surface area contributed by atoms with Crippen LogP contribution in [0.3, 0.4) is 0 Å². The van der Waals surface area contributed by atoms with Gasteiger partial charge < -0.3 is 19.7 Å². The first-order valence-electron chi connectivity index (χ1n) is 9.46. The van der Waals surface area contributed by atoms with Crippen LogP contribution in [0.1, 0.15) is 16.5 Å². The second-order valence-electron chi connectivity index (χ2n) is 6.86. The standard InChI is InChI=1S/C19H25N5O4S/c1-27-14-4-3-13(11-15(14)28-2)16(23-7-5-22(6-8-23)9-10-25)17-18(26)24-19(29-17)20-12-21-24/h3-4,11-12,16,25-26H,5-10H2,1-2H3. The number of aromatic nitrogens is 3. The molecule has 3 aromatic rings. The summed E-state index contributed by atoms with van der Waals surface area (Å²) in [6.07, 6.45) is 1.44. The second-order valence-corrected chi connectivity index (χ2v) is 7.87. The second kappa shape index (κ2) is 8.54. The maximum Gasteiger partial charge on any atom is 0.230 e. The van der Waals surface area contributed by atoms with E-state index in [1.165, 1.54) is 22.2 Å². The van der Waals surface area contributed by atoms with Gasteiger partial charge in [-0.05, 0) is 17.7 Å². The molecule has 0 aliphatic carbocycles. The number of β-amino-alcohol motifs (C(OH)–C–C–N with tert-alkyl or cyclic N) is 1. The van der Waals surface area contributed by atoms with E-state index in [0.29, 0.717) is 23.0 Å². The summed E-state index contributed by atoms with van der Waals surface area (Å²) in [6, 6.07) is 5.68. The highest BCUT2D eigenvalue weighted by atomic mass is 32.1. The van der Waals surface area contributed by atoms with Crippen molar-refractivity contribution >= 4 is 16.3 Å². The molecule has 2 N–H and O–H groups in total. The van der Waals surface area contributed by atoms with Crippen molar-refractivity contribution in [3.05, 3.63) is 35.0 Å². The maximum absolute atomic E-state index is 10.8. The van der Waals surface area contributed by atoms with Crippen LogP contribution < -0.4 is 9.47 Å². The van der Waals surface area contributed by atoms with Gasteiger partial charge in [0.1, 0.15) is 6.33 Å². The van der Waals surface area contributed by atoms with Crippen LogP contribution in [0.15, 0.2) is 24.5 Å².